The van der Waals surface area contributed by atoms with Crippen molar-refractivity contribution in [1.29, 1.82) is 0 Å². The first-order valence-corrected chi connectivity index (χ1v) is 8.01. The van der Waals surface area contributed by atoms with Crippen LogP contribution in [0.2, 0.25) is 0 Å². The zero-order valence-electron chi connectivity index (χ0n) is 11.5. The molecule has 0 saturated heterocycles. The molecule has 0 unspecified atom stereocenters. The van der Waals surface area contributed by atoms with Gasteiger partial charge >= 0.3 is 0 Å². The van der Waals surface area contributed by atoms with Crippen LogP contribution in [0.3, 0.4) is 0 Å². The van der Waals surface area contributed by atoms with Crippen LogP contribution in [0.4, 0.5) is 0 Å². The Kier molecular flexibility index (Phi) is 5.03. The van der Waals surface area contributed by atoms with Crippen molar-refractivity contribution in [2.45, 2.75) is 10.8 Å². The van der Waals surface area contributed by atoms with Crippen molar-refractivity contribution in [2.24, 2.45) is 0 Å². The summed E-state index contributed by atoms with van der Waals surface area (Å²) in [5.74, 6) is -0.785. The van der Waals surface area contributed by atoms with E-state index in [4.69, 9.17) is 5.21 Å². The summed E-state index contributed by atoms with van der Waals surface area (Å²) in [6.45, 7) is 0. The molecule has 7 heteroatoms. The van der Waals surface area contributed by atoms with Gasteiger partial charge in [-0.15, -0.1) is 0 Å². The number of hydrogen-bond acceptors (Lipinski definition) is 5. The molecule has 6 nitrogen and oxygen atoms in total. The number of hydroxylamine groups is 1. The first-order valence-electron chi connectivity index (χ1n) is 6.36. The highest BCUT2D eigenvalue weighted by Gasteiger charge is 2.16. The van der Waals surface area contributed by atoms with Crippen molar-refractivity contribution in [1.82, 2.24) is 10.5 Å². The molecule has 0 aliphatic carbocycles. The summed E-state index contributed by atoms with van der Waals surface area (Å²) in [6, 6.07) is 11.4. The lowest BCUT2D eigenvalue weighted by atomic mass is 10.1. The summed E-state index contributed by atoms with van der Waals surface area (Å²) in [6.07, 6.45) is 4.11. The number of aromatic nitrogens is 1. The standard InChI is InChI=1S/C15H14N2O4S/c18-14(17-19)9-8-12-4-6-13(7-5-12)11-22(20,21)15-3-1-2-10-16-15/h1-10,19H,11H2,(H,17,18)/b9-8+. The molecule has 0 aliphatic rings. The van der Waals surface area contributed by atoms with Gasteiger partial charge in [-0.2, -0.15) is 0 Å². The van der Waals surface area contributed by atoms with E-state index in [1.54, 1.807) is 36.4 Å². The zero-order chi connectivity index (χ0) is 16.0. The van der Waals surface area contributed by atoms with Crippen LogP contribution in [0.15, 0.2) is 59.8 Å². The van der Waals surface area contributed by atoms with E-state index in [1.807, 2.05) is 0 Å². The number of nitrogens with one attached hydrogen (secondary N) is 1. The van der Waals surface area contributed by atoms with E-state index in [-0.39, 0.29) is 10.8 Å². The fourth-order valence-electron chi connectivity index (χ4n) is 1.76. The third-order valence-corrected chi connectivity index (χ3v) is 4.42. The van der Waals surface area contributed by atoms with Gasteiger partial charge in [0.25, 0.3) is 5.91 Å². The van der Waals surface area contributed by atoms with Crippen molar-refractivity contribution in [3.63, 3.8) is 0 Å². The lowest BCUT2D eigenvalue weighted by molar-refractivity contribution is -0.124. The van der Waals surface area contributed by atoms with Crippen LogP contribution in [-0.4, -0.2) is 24.5 Å². The molecule has 114 valence electrons. The van der Waals surface area contributed by atoms with Crippen LogP contribution in [0.5, 0.6) is 0 Å². The predicted molar refractivity (Wildman–Crippen MR) is 80.5 cm³/mol. The summed E-state index contributed by atoms with van der Waals surface area (Å²) >= 11 is 0. The number of sulfone groups is 1. The van der Waals surface area contributed by atoms with Gasteiger partial charge in [0.15, 0.2) is 14.9 Å². The van der Waals surface area contributed by atoms with E-state index >= 15 is 0 Å². The number of carbonyl (C=O) groups excluding carboxylic acids is 1. The van der Waals surface area contributed by atoms with Gasteiger partial charge in [0, 0.05) is 12.3 Å². The molecule has 0 bridgehead atoms. The Hall–Kier alpha value is -2.51. The number of carbonyl (C=O) groups is 1. The van der Waals surface area contributed by atoms with E-state index < -0.39 is 15.7 Å². The molecule has 1 aromatic heterocycles. The molecule has 0 radical (unpaired) electrons. The topological polar surface area (TPSA) is 96.4 Å². The molecule has 0 fully saturated rings. The summed E-state index contributed by atoms with van der Waals surface area (Å²) in [5.41, 5.74) is 2.81. The fraction of sp³-hybridized carbons (Fsp3) is 0.0667. The minimum Gasteiger partial charge on any atom is -0.288 e. The average Bonchev–Trinajstić information content (AvgIpc) is 2.54. The smallest absolute Gasteiger partial charge is 0.267 e. The number of rotatable bonds is 5. The van der Waals surface area contributed by atoms with E-state index in [0.29, 0.717) is 11.1 Å². The van der Waals surface area contributed by atoms with Crippen molar-refractivity contribution in [3.05, 3.63) is 65.9 Å². The Balaban J connectivity index is 2.12. The summed E-state index contributed by atoms with van der Waals surface area (Å²) < 4.78 is 24.4. The van der Waals surface area contributed by atoms with Crippen molar-refractivity contribution >= 4 is 21.8 Å². The van der Waals surface area contributed by atoms with Crippen molar-refractivity contribution in [3.8, 4) is 0 Å². The molecule has 1 amide bonds. The maximum atomic E-state index is 12.2. The van der Waals surface area contributed by atoms with Crippen molar-refractivity contribution < 1.29 is 18.4 Å². The Bertz CT molecular complexity index is 769. The molecule has 0 atom stereocenters. The summed E-state index contributed by atoms with van der Waals surface area (Å²) in [7, 11) is -3.48. The van der Waals surface area contributed by atoms with E-state index in [2.05, 4.69) is 4.98 Å². The van der Waals surface area contributed by atoms with Gasteiger partial charge in [0.1, 0.15) is 0 Å². The monoisotopic (exact) mass is 318 g/mol. The number of benzene rings is 1. The second kappa shape index (κ2) is 6.97. The summed E-state index contributed by atoms with van der Waals surface area (Å²) in [5, 5.41) is 8.41. The van der Waals surface area contributed by atoms with Gasteiger partial charge in [-0.05, 0) is 29.3 Å². The van der Waals surface area contributed by atoms with Gasteiger partial charge in [-0.3, -0.25) is 10.0 Å². The van der Waals surface area contributed by atoms with Crippen LogP contribution in [0.25, 0.3) is 6.08 Å². The Morgan fingerprint density at radius 2 is 1.91 bits per heavy atom. The maximum Gasteiger partial charge on any atom is 0.267 e. The molecule has 22 heavy (non-hydrogen) atoms. The quantitative estimate of drug-likeness (QED) is 0.495. The molecule has 2 aromatic rings. The molecular formula is C15H14N2O4S. The predicted octanol–water partition coefficient (Wildman–Crippen LogP) is 1.57. The average molecular weight is 318 g/mol. The van der Waals surface area contributed by atoms with Crippen LogP contribution >= 0.6 is 0 Å². The minimum absolute atomic E-state index is 0.0404. The highest BCUT2D eigenvalue weighted by Crippen LogP contribution is 2.15. The van der Waals surface area contributed by atoms with Crippen molar-refractivity contribution in [2.75, 3.05) is 0 Å². The Morgan fingerprint density at radius 1 is 1.18 bits per heavy atom. The number of nitrogens with zero attached hydrogens (tertiary/aromatic N) is 1. The first kappa shape index (κ1) is 15.9. The normalized spacial score (nSPS) is 11.5. The van der Waals surface area contributed by atoms with E-state index in [1.165, 1.54) is 29.9 Å². The van der Waals surface area contributed by atoms with E-state index in [9.17, 15) is 13.2 Å². The van der Waals surface area contributed by atoms with Gasteiger partial charge in [0.05, 0.1) is 5.75 Å². The summed E-state index contributed by atoms with van der Waals surface area (Å²) in [4.78, 5) is 14.7. The van der Waals surface area contributed by atoms with Gasteiger partial charge in [-0.1, -0.05) is 30.3 Å². The lowest BCUT2D eigenvalue weighted by Crippen LogP contribution is -2.14. The minimum atomic E-state index is -3.48. The SMILES string of the molecule is O=C(/C=C/c1ccc(CS(=O)(=O)c2ccccn2)cc1)NO. The number of amides is 1. The zero-order valence-corrected chi connectivity index (χ0v) is 12.3. The van der Waals surface area contributed by atoms with Crippen LogP contribution < -0.4 is 5.48 Å². The highest BCUT2D eigenvalue weighted by atomic mass is 32.2. The molecule has 1 heterocycles. The van der Waals surface area contributed by atoms with Gasteiger partial charge < -0.3 is 0 Å². The van der Waals surface area contributed by atoms with Crippen LogP contribution in [0, 0.1) is 0 Å². The molecule has 0 spiro atoms. The van der Waals surface area contributed by atoms with Gasteiger partial charge in [0.2, 0.25) is 0 Å². The van der Waals surface area contributed by atoms with Crippen LogP contribution in [-0.2, 0) is 20.4 Å². The third kappa shape index (κ3) is 4.24. The maximum absolute atomic E-state index is 12.2. The largest absolute Gasteiger partial charge is 0.288 e. The highest BCUT2D eigenvalue weighted by molar-refractivity contribution is 7.90. The molecule has 2 N–H and O–H groups in total. The second-order valence-electron chi connectivity index (χ2n) is 4.48. The Labute approximate surface area is 128 Å². The van der Waals surface area contributed by atoms with Gasteiger partial charge in [-0.25, -0.2) is 18.9 Å². The molecule has 2 rings (SSSR count). The second-order valence-corrected chi connectivity index (χ2v) is 6.41. The van der Waals surface area contributed by atoms with Crippen LogP contribution in [0.1, 0.15) is 11.1 Å². The lowest BCUT2D eigenvalue weighted by Gasteiger charge is -2.04. The number of pyridine rings is 1. The number of hydrogen-bond donors (Lipinski definition) is 2. The molecule has 0 saturated carbocycles. The first-order chi connectivity index (χ1) is 10.5. The van der Waals surface area contributed by atoms with E-state index in [0.717, 1.165) is 0 Å². The third-order valence-electron chi connectivity index (χ3n) is 2.83. The Morgan fingerprint density at radius 3 is 2.50 bits per heavy atom. The molecule has 1 aromatic carbocycles. The molecule has 0 aliphatic heterocycles. The molecular weight excluding hydrogens is 304 g/mol. The fourth-order valence-corrected chi connectivity index (χ4v) is 3.05.